The molecule has 0 saturated heterocycles. The van der Waals surface area contributed by atoms with Gasteiger partial charge in [0.15, 0.2) is 0 Å². The quantitative estimate of drug-likeness (QED) is 0.919. The van der Waals surface area contributed by atoms with Crippen LogP contribution in [0.5, 0.6) is 0 Å². The number of nitrogens with one attached hydrogen (secondary N) is 1. The van der Waals surface area contributed by atoms with Crippen LogP contribution in [-0.4, -0.2) is 22.0 Å². The Kier molecular flexibility index (Phi) is 4.04. The molecular weight excluding hydrogens is 298 g/mol. The highest BCUT2D eigenvalue weighted by Gasteiger charge is 2.32. The molecule has 0 radical (unpaired) electrons. The van der Waals surface area contributed by atoms with Crippen molar-refractivity contribution in [2.75, 3.05) is 6.54 Å². The van der Waals surface area contributed by atoms with Crippen molar-refractivity contribution in [1.82, 2.24) is 14.9 Å². The van der Waals surface area contributed by atoms with Crippen LogP contribution >= 0.6 is 11.3 Å². The highest BCUT2D eigenvalue weighted by atomic mass is 32.1. The molecule has 3 rings (SSSR count). The maximum atomic E-state index is 12.5. The van der Waals surface area contributed by atoms with Crippen LogP contribution in [0.15, 0.2) is 11.1 Å². The largest absolute Gasteiger partial charge is 0.356 e. The summed E-state index contributed by atoms with van der Waals surface area (Å²) in [4.78, 5) is 30.6. The molecule has 2 unspecified atom stereocenters. The third kappa shape index (κ3) is 2.92. The molecule has 2 atom stereocenters. The van der Waals surface area contributed by atoms with Crippen LogP contribution in [0.4, 0.5) is 0 Å². The Morgan fingerprint density at radius 3 is 2.91 bits per heavy atom. The molecule has 1 saturated carbocycles. The van der Waals surface area contributed by atoms with Gasteiger partial charge in [-0.1, -0.05) is 6.92 Å². The number of rotatable bonds is 5. The standard InChI is InChI=1S/C16H21N3O2S/c1-9-6-12(9)7-17-13(20)4-5-19-8-18-15-14(16(19)21)10(2)11(3)22-15/h8-9,12H,4-7H2,1-3H3,(H,17,20). The number of thiophene rings is 1. The highest BCUT2D eigenvalue weighted by Crippen LogP contribution is 2.36. The van der Waals surface area contributed by atoms with Gasteiger partial charge in [0.1, 0.15) is 4.83 Å². The maximum Gasteiger partial charge on any atom is 0.262 e. The summed E-state index contributed by atoms with van der Waals surface area (Å²) in [5.41, 5.74) is 0.953. The van der Waals surface area contributed by atoms with Crippen LogP contribution in [0.2, 0.25) is 0 Å². The third-order valence-electron chi connectivity index (χ3n) is 4.57. The fourth-order valence-electron chi connectivity index (χ4n) is 2.67. The summed E-state index contributed by atoms with van der Waals surface area (Å²) in [5, 5.41) is 3.64. The van der Waals surface area contributed by atoms with Crippen LogP contribution < -0.4 is 10.9 Å². The number of amides is 1. The summed E-state index contributed by atoms with van der Waals surface area (Å²) in [5.74, 6) is 1.38. The van der Waals surface area contributed by atoms with Gasteiger partial charge in [0.05, 0.1) is 11.7 Å². The van der Waals surface area contributed by atoms with Crippen molar-refractivity contribution in [3.8, 4) is 0 Å². The lowest BCUT2D eigenvalue weighted by Crippen LogP contribution is -2.29. The van der Waals surface area contributed by atoms with E-state index in [2.05, 4.69) is 17.2 Å². The normalized spacial score (nSPS) is 20.3. The molecule has 0 spiro atoms. The number of nitrogens with zero attached hydrogens (tertiary/aromatic N) is 2. The van der Waals surface area contributed by atoms with E-state index in [9.17, 15) is 9.59 Å². The number of hydrogen-bond donors (Lipinski definition) is 1. The van der Waals surface area contributed by atoms with Crippen molar-refractivity contribution in [1.29, 1.82) is 0 Å². The predicted octanol–water partition coefficient (Wildman–Crippen LogP) is 2.24. The van der Waals surface area contributed by atoms with Gasteiger partial charge in [0.2, 0.25) is 5.91 Å². The monoisotopic (exact) mass is 319 g/mol. The van der Waals surface area contributed by atoms with E-state index in [1.165, 1.54) is 6.42 Å². The van der Waals surface area contributed by atoms with Gasteiger partial charge >= 0.3 is 0 Å². The smallest absolute Gasteiger partial charge is 0.262 e. The molecule has 2 aromatic heterocycles. The summed E-state index contributed by atoms with van der Waals surface area (Å²) in [6, 6.07) is 0. The van der Waals surface area contributed by atoms with Gasteiger partial charge in [-0.3, -0.25) is 14.2 Å². The van der Waals surface area contributed by atoms with Crippen LogP contribution in [-0.2, 0) is 11.3 Å². The number of aromatic nitrogens is 2. The molecule has 6 heteroatoms. The van der Waals surface area contributed by atoms with E-state index in [-0.39, 0.29) is 11.5 Å². The molecule has 1 fully saturated rings. The lowest BCUT2D eigenvalue weighted by molar-refractivity contribution is -0.121. The minimum atomic E-state index is -0.0459. The van der Waals surface area contributed by atoms with Crippen LogP contribution in [0.3, 0.4) is 0 Å². The fraction of sp³-hybridized carbons (Fsp3) is 0.562. The molecule has 22 heavy (non-hydrogen) atoms. The van der Waals surface area contributed by atoms with Gasteiger partial charge in [0.25, 0.3) is 5.56 Å². The summed E-state index contributed by atoms with van der Waals surface area (Å²) in [7, 11) is 0. The van der Waals surface area contributed by atoms with Crippen LogP contribution in [0.1, 0.15) is 30.2 Å². The van der Waals surface area contributed by atoms with E-state index in [4.69, 9.17) is 0 Å². The topological polar surface area (TPSA) is 64.0 Å². The zero-order valence-electron chi connectivity index (χ0n) is 13.2. The van der Waals surface area contributed by atoms with Crippen molar-refractivity contribution in [3.05, 3.63) is 27.1 Å². The van der Waals surface area contributed by atoms with E-state index in [0.29, 0.717) is 24.3 Å². The second-order valence-electron chi connectivity index (χ2n) is 6.23. The zero-order chi connectivity index (χ0) is 15.9. The average molecular weight is 319 g/mol. The summed E-state index contributed by atoms with van der Waals surface area (Å²) in [6.07, 6.45) is 3.07. The maximum absolute atomic E-state index is 12.5. The van der Waals surface area contributed by atoms with Crippen molar-refractivity contribution in [3.63, 3.8) is 0 Å². The minimum absolute atomic E-state index is 0.00400. The van der Waals surface area contributed by atoms with Crippen molar-refractivity contribution in [2.45, 2.75) is 40.2 Å². The molecule has 1 N–H and O–H groups in total. The van der Waals surface area contributed by atoms with Gasteiger partial charge in [-0.05, 0) is 37.7 Å². The molecule has 1 amide bonds. The second kappa shape index (κ2) is 5.83. The predicted molar refractivity (Wildman–Crippen MR) is 88.3 cm³/mol. The fourth-order valence-corrected chi connectivity index (χ4v) is 3.66. The molecular formula is C16H21N3O2S. The van der Waals surface area contributed by atoms with Crippen LogP contribution in [0, 0.1) is 25.7 Å². The van der Waals surface area contributed by atoms with E-state index in [0.717, 1.165) is 27.7 Å². The number of hydrogen-bond acceptors (Lipinski definition) is 4. The highest BCUT2D eigenvalue weighted by molar-refractivity contribution is 7.18. The number of carbonyl (C=O) groups excluding carboxylic acids is 1. The molecule has 5 nitrogen and oxygen atoms in total. The van der Waals surface area contributed by atoms with E-state index < -0.39 is 0 Å². The Hall–Kier alpha value is -1.69. The molecule has 2 aromatic rings. The number of aryl methyl sites for hydroxylation is 3. The third-order valence-corrected chi connectivity index (χ3v) is 5.69. The van der Waals surface area contributed by atoms with E-state index in [1.807, 2.05) is 13.8 Å². The second-order valence-corrected chi connectivity index (χ2v) is 7.44. The van der Waals surface area contributed by atoms with Gasteiger partial charge in [0, 0.05) is 24.4 Å². The molecule has 118 valence electrons. The summed E-state index contributed by atoms with van der Waals surface area (Å²) >= 11 is 1.54. The minimum Gasteiger partial charge on any atom is -0.356 e. The number of fused-ring (bicyclic) bond motifs is 1. The summed E-state index contributed by atoms with van der Waals surface area (Å²) in [6.45, 7) is 7.28. The average Bonchev–Trinajstić information content (AvgIpc) is 3.11. The lowest BCUT2D eigenvalue weighted by atomic mass is 10.2. The lowest BCUT2D eigenvalue weighted by Gasteiger charge is -2.07. The first kappa shape index (κ1) is 15.2. The first-order chi connectivity index (χ1) is 10.5. The molecule has 0 aromatic carbocycles. The SMILES string of the molecule is Cc1sc2ncn(CCC(=O)NCC3CC3C)c(=O)c2c1C. The number of carbonyl (C=O) groups is 1. The Labute approximate surface area is 133 Å². The molecule has 0 aliphatic heterocycles. The first-order valence-corrected chi connectivity index (χ1v) is 8.51. The van der Waals surface area contributed by atoms with Gasteiger partial charge in [-0.25, -0.2) is 4.98 Å². The molecule has 1 aliphatic rings. The Bertz CT molecular complexity index is 778. The van der Waals surface area contributed by atoms with E-state index >= 15 is 0 Å². The van der Waals surface area contributed by atoms with Crippen molar-refractivity contribution in [2.24, 2.45) is 11.8 Å². The van der Waals surface area contributed by atoms with Crippen LogP contribution in [0.25, 0.3) is 10.2 Å². The van der Waals surface area contributed by atoms with Gasteiger partial charge < -0.3 is 5.32 Å². The Morgan fingerprint density at radius 2 is 2.23 bits per heavy atom. The molecule has 1 aliphatic carbocycles. The van der Waals surface area contributed by atoms with Gasteiger partial charge in [-0.15, -0.1) is 11.3 Å². The van der Waals surface area contributed by atoms with E-state index in [1.54, 1.807) is 22.2 Å². The van der Waals surface area contributed by atoms with Crippen molar-refractivity contribution < 1.29 is 4.79 Å². The summed E-state index contributed by atoms with van der Waals surface area (Å²) < 4.78 is 1.54. The molecule has 2 heterocycles. The zero-order valence-corrected chi connectivity index (χ0v) is 14.0. The Balaban J connectivity index is 1.66. The van der Waals surface area contributed by atoms with Crippen molar-refractivity contribution >= 4 is 27.5 Å². The first-order valence-electron chi connectivity index (χ1n) is 7.69. The van der Waals surface area contributed by atoms with Gasteiger partial charge in [-0.2, -0.15) is 0 Å². The Morgan fingerprint density at radius 1 is 1.50 bits per heavy atom. The molecule has 0 bridgehead atoms.